The lowest BCUT2D eigenvalue weighted by Gasteiger charge is -2.34. The highest BCUT2D eigenvalue weighted by Crippen LogP contribution is 2.29. The number of hydrogen-bond acceptors (Lipinski definition) is 4. The largest absolute Gasteiger partial charge is 0.355 e. The van der Waals surface area contributed by atoms with Gasteiger partial charge in [-0.05, 0) is 61.0 Å². The summed E-state index contributed by atoms with van der Waals surface area (Å²) >= 11 is 19.0. The van der Waals surface area contributed by atoms with Crippen molar-refractivity contribution in [1.29, 1.82) is 0 Å². The fourth-order valence-electron chi connectivity index (χ4n) is 4.56. The van der Waals surface area contributed by atoms with E-state index in [-0.39, 0.29) is 23.5 Å². The summed E-state index contributed by atoms with van der Waals surface area (Å²) in [4.78, 5) is 29.2. The van der Waals surface area contributed by atoms with Crippen LogP contribution < -0.4 is 9.62 Å². The molecule has 224 valence electrons. The van der Waals surface area contributed by atoms with Gasteiger partial charge in [-0.25, -0.2) is 8.42 Å². The van der Waals surface area contributed by atoms with Gasteiger partial charge in [0.15, 0.2) is 0 Å². The summed E-state index contributed by atoms with van der Waals surface area (Å²) in [5.74, 6) is -1.01. The molecule has 0 heterocycles. The van der Waals surface area contributed by atoms with E-state index in [1.54, 1.807) is 55.5 Å². The van der Waals surface area contributed by atoms with Crippen LogP contribution in [0, 0.1) is 0 Å². The molecule has 4 rings (SSSR count). The minimum Gasteiger partial charge on any atom is -0.355 e. The van der Waals surface area contributed by atoms with E-state index in [1.807, 2.05) is 30.3 Å². The maximum Gasteiger partial charge on any atom is 0.264 e. The number of amides is 2. The molecule has 0 aliphatic carbocycles. The zero-order chi connectivity index (χ0) is 31.0. The minimum absolute atomic E-state index is 0.0428. The van der Waals surface area contributed by atoms with Gasteiger partial charge in [0.25, 0.3) is 10.0 Å². The number of sulfonamides is 1. The lowest BCUT2D eigenvalue weighted by Crippen LogP contribution is -2.53. The third-order valence-corrected chi connectivity index (χ3v) is 9.49. The predicted octanol–water partition coefficient (Wildman–Crippen LogP) is 6.62. The summed E-state index contributed by atoms with van der Waals surface area (Å²) in [5, 5.41) is 3.82. The Labute approximate surface area is 267 Å². The van der Waals surface area contributed by atoms with E-state index >= 15 is 0 Å². The van der Waals surface area contributed by atoms with E-state index in [9.17, 15) is 18.0 Å². The van der Waals surface area contributed by atoms with Crippen molar-refractivity contribution in [2.45, 2.75) is 30.8 Å². The molecule has 0 bridgehead atoms. The van der Waals surface area contributed by atoms with Gasteiger partial charge >= 0.3 is 0 Å². The van der Waals surface area contributed by atoms with E-state index in [2.05, 4.69) is 5.32 Å². The number of halogens is 3. The molecule has 43 heavy (non-hydrogen) atoms. The van der Waals surface area contributed by atoms with Gasteiger partial charge < -0.3 is 10.2 Å². The first-order chi connectivity index (χ1) is 20.6. The molecule has 0 unspecified atom stereocenters. The molecule has 0 saturated heterocycles. The molecule has 1 atom stereocenters. The van der Waals surface area contributed by atoms with Gasteiger partial charge in [-0.15, -0.1) is 0 Å². The predicted molar refractivity (Wildman–Crippen MR) is 172 cm³/mol. The first-order valence-corrected chi connectivity index (χ1v) is 16.1. The molecule has 0 aliphatic heterocycles. The molecule has 0 radical (unpaired) electrons. The van der Waals surface area contributed by atoms with Gasteiger partial charge in [0, 0.05) is 40.1 Å². The highest BCUT2D eigenvalue weighted by atomic mass is 35.5. The fraction of sp³-hybridized carbons (Fsp3) is 0.188. The topological polar surface area (TPSA) is 86.8 Å². The zero-order valence-electron chi connectivity index (χ0n) is 23.3. The van der Waals surface area contributed by atoms with E-state index in [0.717, 1.165) is 9.87 Å². The van der Waals surface area contributed by atoms with Gasteiger partial charge in [0.05, 0.1) is 10.6 Å². The number of rotatable bonds is 12. The van der Waals surface area contributed by atoms with Crippen molar-refractivity contribution < 1.29 is 18.0 Å². The molecule has 0 aliphatic rings. The summed E-state index contributed by atoms with van der Waals surface area (Å²) in [6, 6.07) is 27.2. The van der Waals surface area contributed by atoms with Crippen LogP contribution >= 0.6 is 34.8 Å². The number of anilines is 1. The Kier molecular flexibility index (Phi) is 11.1. The van der Waals surface area contributed by atoms with Gasteiger partial charge in [-0.2, -0.15) is 0 Å². The molecule has 11 heteroatoms. The third kappa shape index (κ3) is 8.09. The highest BCUT2D eigenvalue weighted by Gasteiger charge is 2.35. The van der Waals surface area contributed by atoms with Crippen LogP contribution in [0.25, 0.3) is 0 Å². The lowest BCUT2D eigenvalue weighted by molar-refractivity contribution is -0.140. The first-order valence-electron chi connectivity index (χ1n) is 13.5. The number of carbonyl (C=O) groups excluding carboxylic acids is 2. The Morgan fingerprint density at radius 1 is 0.791 bits per heavy atom. The number of carbonyl (C=O) groups is 2. The molecule has 0 saturated carbocycles. The second kappa shape index (κ2) is 14.8. The van der Waals surface area contributed by atoms with Crippen molar-refractivity contribution in [2.75, 3.05) is 17.4 Å². The Hall–Kier alpha value is -3.56. The fourth-order valence-corrected chi connectivity index (χ4v) is 6.61. The first kappa shape index (κ1) is 32.4. The standard InChI is InChI=1S/C32H30Cl3N3O4S/c1-2-36-32(40)30(20-23-10-5-3-6-11-23)37(21-27-28(34)14-9-15-29(27)35)31(39)22-38(25-12-7-4-8-13-25)43(41,42)26-18-16-24(33)17-19-26/h3-19,30H,2,20-22H2,1H3,(H,36,40)/t30-/m1/s1. The molecule has 4 aromatic carbocycles. The summed E-state index contributed by atoms with van der Waals surface area (Å²) in [6.07, 6.45) is 0.176. The SMILES string of the molecule is CCNC(=O)[C@@H](Cc1ccccc1)N(Cc1c(Cl)cccc1Cl)C(=O)CN(c1ccccc1)S(=O)(=O)c1ccc(Cl)cc1. The highest BCUT2D eigenvalue weighted by molar-refractivity contribution is 7.92. The second-order valence-electron chi connectivity index (χ2n) is 9.62. The van der Waals surface area contributed by atoms with E-state index < -0.39 is 34.4 Å². The molecular weight excluding hydrogens is 629 g/mol. The molecule has 4 aromatic rings. The molecule has 7 nitrogen and oxygen atoms in total. The van der Waals surface area contributed by atoms with Gasteiger partial charge in [-0.3, -0.25) is 13.9 Å². The molecule has 1 N–H and O–H groups in total. The van der Waals surface area contributed by atoms with Crippen molar-refractivity contribution in [3.05, 3.63) is 129 Å². The Morgan fingerprint density at radius 2 is 1.37 bits per heavy atom. The number of benzene rings is 4. The molecule has 0 aromatic heterocycles. The minimum atomic E-state index is -4.23. The van der Waals surface area contributed by atoms with Crippen LogP contribution in [0.15, 0.2) is 108 Å². The van der Waals surface area contributed by atoms with Crippen LogP contribution in [0.4, 0.5) is 5.69 Å². The number of nitrogens with zero attached hydrogens (tertiary/aromatic N) is 2. The smallest absolute Gasteiger partial charge is 0.264 e. The van der Waals surface area contributed by atoms with Gasteiger partial charge in [0.1, 0.15) is 12.6 Å². The maximum atomic E-state index is 14.4. The summed E-state index contributed by atoms with van der Waals surface area (Å²) in [5.41, 5.74) is 1.53. The van der Waals surface area contributed by atoms with Crippen LogP contribution in [-0.4, -0.2) is 44.3 Å². The summed E-state index contributed by atoms with van der Waals surface area (Å²) < 4.78 is 28.9. The van der Waals surface area contributed by atoms with Crippen LogP contribution in [0.3, 0.4) is 0 Å². The third-order valence-electron chi connectivity index (χ3n) is 6.74. The van der Waals surface area contributed by atoms with Crippen molar-refractivity contribution in [1.82, 2.24) is 10.2 Å². The van der Waals surface area contributed by atoms with Crippen LogP contribution in [0.5, 0.6) is 0 Å². The summed E-state index contributed by atoms with van der Waals surface area (Å²) in [6.45, 7) is 1.39. The maximum absolute atomic E-state index is 14.4. The Morgan fingerprint density at radius 3 is 1.95 bits per heavy atom. The van der Waals surface area contributed by atoms with E-state index in [4.69, 9.17) is 34.8 Å². The average Bonchev–Trinajstić information content (AvgIpc) is 3.00. The monoisotopic (exact) mass is 657 g/mol. The number of likely N-dealkylation sites (N-methyl/N-ethyl adjacent to an activating group) is 1. The average molecular weight is 659 g/mol. The van der Waals surface area contributed by atoms with Crippen molar-refractivity contribution in [2.24, 2.45) is 0 Å². The van der Waals surface area contributed by atoms with Crippen molar-refractivity contribution >= 4 is 62.3 Å². The van der Waals surface area contributed by atoms with E-state index in [0.29, 0.717) is 27.2 Å². The second-order valence-corrected chi connectivity index (χ2v) is 12.7. The van der Waals surface area contributed by atoms with Crippen molar-refractivity contribution in [3.8, 4) is 0 Å². The molecule has 0 spiro atoms. The zero-order valence-corrected chi connectivity index (χ0v) is 26.4. The van der Waals surface area contributed by atoms with E-state index in [1.165, 1.54) is 29.2 Å². The van der Waals surface area contributed by atoms with Crippen LogP contribution in [0.1, 0.15) is 18.1 Å². The quantitative estimate of drug-likeness (QED) is 0.185. The van der Waals surface area contributed by atoms with Crippen LogP contribution in [0.2, 0.25) is 15.1 Å². The molecule has 2 amide bonds. The normalized spacial score (nSPS) is 11.9. The van der Waals surface area contributed by atoms with Gasteiger partial charge in [-0.1, -0.05) is 89.4 Å². The number of para-hydroxylation sites is 1. The number of nitrogens with one attached hydrogen (secondary N) is 1. The molecule has 0 fully saturated rings. The molecular formula is C32H30Cl3N3O4S. The van der Waals surface area contributed by atoms with Gasteiger partial charge in [0.2, 0.25) is 11.8 Å². The lowest BCUT2D eigenvalue weighted by atomic mass is 10.0. The van der Waals surface area contributed by atoms with Crippen LogP contribution in [-0.2, 0) is 32.6 Å². The Balaban J connectivity index is 1.81. The summed E-state index contributed by atoms with van der Waals surface area (Å²) in [7, 11) is -4.23. The Bertz CT molecular complexity index is 1630. The number of hydrogen-bond donors (Lipinski definition) is 1. The van der Waals surface area contributed by atoms with Crippen molar-refractivity contribution in [3.63, 3.8) is 0 Å².